The van der Waals surface area contributed by atoms with Crippen LogP contribution in [0.4, 0.5) is 11.4 Å². The molecule has 1 heterocycles. The topological polar surface area (TPSA) is 106 Å². The van der Waals surface area contributed by atoms with E-state index in [-0.39, 0.29) is 5.56 Å². The van der Waals surface area contributed by atoms with Crippen LogP contribution in [-0.2, 0) is 13.5 Å². The summed E-state index contributed by atoms with van der Waals surface area (Å²) < 4.78 is 1.81. The van der Waals surface area contributed by atoms with Crippen molar-refractivity contribution in [2.45, 2.75) is 6.42 Å². The maximum absolute atomic E-state index is 11.1. The maximum Gasteiger partial charge on any atom is 0.337 e. The van der Waals surface area contributed by atoms with E-state index >= 15 is 0 Å². The van der Waals surface area contributed by atoms with Crippen molar-refractivity contribution in [3.05, 3.63) is 35.9 Å². The number of anilines is 2. The Kier molecular flexibility index (Phi) is 3.65. The monoisotopic (exact) mass is 261 g/mol. The summed E-state index contributed by atoms with van der Waals surface area (Å²) in [6, 6.07) is 4.80. The quantitative estimate of drug-likeness (QED) is 0.686. The molecule has 0 saturated heterocycles. The van der Waals surface area contributed by atoms with Crippen LogP contribution in [0, 0.1) is 0 Å². The van der Waals surface area contributed by atoms with Gasteiger partial charge in [-0.15, -0.1) is 10.2 Å². The first-order chi connectivity index (χ1) is 9.09. The van der Waals surface area contributed by atoms with Crippen LogP contribution in [0.3, 0.4) is 0 Å². The van der Waals surface area contributed by atoms with E-state index in [1.165, 1.54) is 6.07 Å². The van der Waals surface area contributed by atoms with Gasteiger partial charge in [0, 0.05) is 20.0 Å². The zero-order chi connectivity index (χ0) is 13.8. The minimum atomic E-state index is -1.01. The van der Waals surface area contributed by atoms with Gasteiger partial charge in [0.2, 0.25) is 0 Å². The van der Waals surface area contributed by atoms with Crippen molar-refractivity contribution in [1.82, 2.24) is 14.8 Å². The number of benzene rings is 1. The SMILES string of the molecule is Cn1cnnc1CCNc1c(N)cccc1C(=O)O. The molecule has 1 aromatic carbocycles. The second kappa shape index (κ2) is 5.38. The lowest BCUT2D eigenvalue weighted by Crippen LogP contribution is -2.13. The summed E-state index contributed by atoms with van der Waals surface area (Å²) in [5.41, 5.74) is 6.81. The van der Waals surface area contributed by atoms with E-state index in [1.54, 1.807) is 18.5 Å². The van der Waals surface area contributed by atoms with E-state index in [0.29, 0.717) is 24.3 Å². The van der Waals surface area contributed by atoms with Crippen LogP contribution in [0.15, 0.2) is 24.5 Å². The number of rotatable bonds is 5. The zero-order valence-electron chi connectivity index (χ0n) is 10.5. The maximum atomic E-state index is 11.1. The van der Waals surface area contributed by atoms with Gasteiger partial charge in [0.15, 0.2) is 0 Å². The van der Waals surface area contributed by atoms with Crippen molar-refractivity contribution >= 4 is 17.3 Å². The number of para-hydroxylation sites is 1. The molecule has 7 heteroatoms. The summed E-state index contributed by atoms with van der Waals surface area (Å²) in [7, 11) is 1.86. The van der Waals surface area contributed by atoms with Gasteiger partial charge in [-0.05, 0) is 12.1 Å². The van der Waals surface area contributed by atoms with Crippen LogP contribution >= 0.6 is 0 Å². The molecule has 0 aliphatic rings. The standard InChI is InChI=1S/C12H15N5O2/c1-17-7-15-16-10(17)5-6-14-11-8(12(18)19)3-2-4-9(11)13/h2-4,7,14H,5-6,13H2,1H3,(H,18,19). The van der Waals surface area contributed by atoms with Gasteiger partial charge in [0.1, 0.15) is 12.2 Å². The number of carbonyl (C=O) groups is 1. The second-order valence-electron chi connectivity index (χ2n) is 4.11. The van der Waals surface area contributed by atoms with Gasteiger partial charge in [-0.2, -0.15) is 0 Å². The minimum Gasteiger partial charge on any atom is -0.478 e. The van der Waals surface area contributed by atoms with E-state index in [9.17, 15) is 4.79 Å². The average Bonchev–Trinajstić information content (AvgIpc) is 2.77. The summed E-state index contributed by atoms with van der Waals surface area (Å²) in [5, 5.41) is 19.9. The smallest absolute Gasteiger partial charge is 0.337 e. The Balaban J connectivity index is 2.07. The third kappa shape index (κ3) is 2.82. The van der Waals surface area contributed by atoms with Crippen LogP contribution in [0.5, 0.6) is 0 Å². The van der Waals surface area contributed by atoms with Gasteiger partial charge in [0.25, 0.3) is 0 Å². The number of nitrogens with two attached hydrogens (primary N) is 1. The largest absolute Gasteiger partial charge is 0.478 e. The zero-order valence-corrected chi connectivity index (χ0v) is 10.5. The molecule has 0 aliphatic carbocycles. The van der Waals surface area contributed by atoms with Crippen LogP contribution in [-0.4, -0.2) is 32.4 Å². The van der Waals surface area contributed by atoms with E-state index in [2.05, 4.69) is 15.5 Å². The van der Waals surface area contributed by atoms with E-state index in [1.807, 2.05) is 11.6 Å². The average molecular weight is 261 g/mol. The first kappa shape index (κ1) is 12.9. The van der Waals surface area contributed by atoms with Gasteiger partial charge in [0.05, 0.1) is 16.9 Å². The Bertz CT molecular complexity index is 594. The third-order valence-electron chi connectivity index (χ3n) is 2.78. The Labute approximate surface area is 110 Å². The molecule has 2 aromatic rings. The summed E-state index contributed by atoms with van der Waals surface area (Å²) in [5.74, 6) is -0.188. The molecular formula is C12H15N5O2. The van der Waals surface area contributed by atoms with Gasteiger partial charge in [-0.1, -0.05) is 6.07 Å². The van der Waals surface area contributed by atoms with Gasteiger partial charge >= 0.3 is 5.97 Å². The van der Waals surface area contributed by atoms with Gasteiger partial charge in [-0.3, -0.25) is 0 Å². The predicted molar refractivity (Wildman–Crippen MR) is 71.0 cm³/mol. The number of hydrogen-bond donors (Lipinski definition) is 3. The highest BCUT2D eigenvalue weighted by molar-refractivity contribution is 5.97. The van der Waals surface area contributed by atoms with Crippen LogP contribution in [0.1, 0.15) is 16.2 Å². The number of aryl methyl sites for hydroxylation is 1. The molecule has 0 aliphatic heterocycles. The summed E-state index contributed by atoms with van der Waals surface area (Å²) in [6.45, 7) is 0.529. The summed E-state index contributed by atoms with van der Waals surface area (Å²) in [6.07, 6.45) is 2.25. The van der Waals surface area contributed by atoms with Crippen molar-refractivity contribution < 1.29 is 9.90 Å². The lowest BCUT2D eigenvalue weighted by molar-refractivity contribution is 0.0698. The van der Waals surface area contributed by atoms with Gasteiger partial charge in [-0.25, -0.2) is 4.79 Å². The van der Waals surface area contributed by atoms with Crippen molar-refractivity contribution in [2.75, 3.05) is 17.6 Å². The number of nitrogen functional groups attached to an aromatic ring is 1. The molecule has 0 radical (unpaired) electrons. The van der Waals surface area contributed by atoms with Crippen LogP contribution in [0.2, 0.25) is 0 Å². The van der Waals surface area contributed by atoms with Crippen molar-refractivity contribution in [3.63, 3.8) is 0 Å². The molecule has 0 unspecified atom stereocenters. The second-order valence-corrected chi connectivity index (χ2v) is 4.11. The molecule has 1 aromatic heterocycles. The Hall–Kier alpha value is -2.57. The van der Waals surface area contributed by atoms with Crippen LogP contribution in [0.25, 0.3) is 0 Å². The first-order valence-corrected chi connectivity index (χ1v) is 5.78. The van der Waals surface area contributed by atoms with E-state index in [0.717, 1.165) is 5.82 Å². The molecule has 19 heavy (non-hydrogen) atoms. The van der Waals surface area contributed by atoms with Crippen molar-refractivity contribution in [3.8, 4) is 0 Å². The predicted octanol–water partition coefficient (Wildman–Crippen LogP) is 0.750. The molecule has 7 nitrogen and oxygen atoms in total. The lowest BCUT2D eigenvalue weighted by atomic mass is 10.1. The first-order valence-electron chi connectivity index (χ1n) is 5.78. The van der Waals surface area contributed by atoms with Crippen molar-refractivity contribution in [2.24, 2.45) is 7.05 Å². The normalized spacial score (nSPS) is 10.4. The number of aromatic nitrogens is 3. The highest BCUT2D eigenvalue weighted by Crippen LogP contribution is 2.23. The third-order valence-corrected chi connectivity index (χ3v) is 2.78. The van der Waals surface area contributed by atoms with Crippen LogP contribution < -0.4 is 11.1 Å². The lowest BCUT2D eigenvalue weighted by Gasteiger charge is -2.11. The van der Waals surface area contributed by atoms with Crippen molar-refractivity contribution in [1.29, 1.82) is 0 Å². The van der Waals surface area contributed by atoms with E-state index in [4.69, 9.17) is 10.8 Å². The molecule has 0 amide bonds. The summed E-state index contributed by atoms with van der Waals surface area (Å²) >= 11 is 0. The molecular weight excluding hydrogens is 246 g/mol. The van der Waals surface area contributed by atoms with E-state index < -0.39 is 5.97 Å². The fourth-order valence-corrected chi connectivity index (χ4v) is 1.78. The number of nitrogens with one attached hydrogen (secondary N) is 1. The molecule has 2 rings (SSSR count). The number of nitrogens with zero attached hydrogens (tertiary/aromatic N) is 3. The molecule has 0 atom stereocenters. The molecule has 0 saturated carbocycles. The number of carboxylic acid groups (broad SMARTS) is 1. The molecule has 0 spiro atoms. The minimum absolute atomic E-state index is 0.165. The molecule has 0 bridgehead atoms. The Morgan fingerprint density at radius 2 is 2.32 bits per heavy atom. The Morgan fingerprint density at radius 1 is 1.53 bits per heavy atom. The molecule has 4 N–H and O–H groups in total. The Morgan fingerprint density at radius 3 is 2.95 bits per heavy atom. The number of hydrogen-bond acceptors (Lipinski definition) is 5. The number of aromatic carboxylic acids is 1. The fourth-order valence-electron chi connectivity index (χ4n) is 1.78. The molecule has 0 fully saturated rings. The van der Waals surface area contributed by atoms with Gasteiger partial charge < -0.3 is 20.7 Å². The summed E-state index contributed by atoms with van der Waals surface area (Å²) in [4.78, 5) is 11.1. The highest BCUT2D eigenvalue weighted by Gasteiger charge is 2.12. The highest BCUT2D eigenvalue weighted by atomic mass is 16.4. The molecule has 100 valence electrons. The fraction of sp³-hybridized carbons (Fsp3) is 0.250. The number of carboxylic acids is 1.